The maximum Gasteiger partial charge on any atom is 0.173 e. The summed E-state index contributed by atoms with van der Waals surface area (Å²) in [4.78, 5) is 12.6. The molecule has 1 nitrogen and oxygen atoms in total. The standard InChI is InChI=1S/C17H16F2OS/c1-10-6-11(2)17(12(3)7-10)15(20)9-21-16-5-4-13(18)8-14(16)19/h4-8H,9H2,1-3H3. The van der Waals surface area contributed by atoms with Crippen LogP contribution in [-0.2, 0) is 0 Å². The fraction of sp³-hybridized carbons (Fsp3) is 0.235. The number of carbonyl (C=O) groups is 1. The van der Waals surface area contributed by atoms with Crippen molar-refractivity contribution in [2.45, 2.75) is 25.7 Å². The van der Waals surface area contributed by atoms with E-state index in [1.54, 1.807) is 0 Å². The van der Waals surface area contributed by atoms with Gasteiger partial charge in [-0.2, -0.15) is 0 Å². The van der Waals surface area contributed by atoms with Crippen LogP contribution in [0.15, 0.2) is 35.2 Å². The van der Waals surface area contributed by atoms with E-state index >= 15 is 0 Å². The second-order valence-electron chi connectivity index (χ2n) is 5.06. The Morgan fingerprint density at radius 1 is 1.05 bits per heavy atom. The third-order valence-electron chi connectivity index (χ3n) is 3.21. The number of carbonyl (C=O) groups excluding carboxylic acids is 1. The van der Waals surface area contributed by atoms with Crippen LogP contribution in [0.3, 0.4) is 0 Å². The lowest BCUT2D eigenvalue weighted by molar-refractivity contribution is 0.102. The van der Waals surface area contributed by atoms with Gasteiger partial charge in [-0.3, -0.25) is 4.79 Å². The number of hydrogen-bond donors (Lipinski definition) is 0. The molecule has 2 aromatic carbocycles. The number of rotatable bonds is 4. The van der Waals surface area contributed by atoms with Crippen molar-refractivity contribution < 1.29 is 13.6 Å². The number of aryl methyl sites for hydroxylation is 3. The highest BCUT2D eigenvalue weighted by atomic mass is 32.2. The zero-order valence-electron chi connectivity index (χ0n) is 12.2. The number of thioether (sulfide) groups is 1. The predicted octanol–water partition coefficient (Wildman–Crippen LogP) is 4.87. The van der Waals surface area contributed by atoms with Gasteiger partial charge in [-0.1, -0.05) is 17.7 Å². The minimum Gasteiger partial charge on any atom is -0.293 e. The van der Waals surface area contributed by atoms with E-state index in [1.165, 1.54) is 12.1 Å². The molecule has 0 unspecified atom stereocenters. The lowest BCUT2D eigenvalue weighted by Gasteiger charge is -2.10. The summed E-state index contributed by atoms with van der Waals surface area (Å²) in [5.41, 5.74) is 3.66. The van der Waals surface area contributed by atoms with Gasteiger partial charge >= 0.3 is 0 Å². The van der Waals surface area contributed by atoms with E-state index in [2.05, 4.69) is 0 Å². The highest BCUT2D eigenvalue weighted by Crippen LogP contribution is 2.25. The van der Waals surface area contributed by atoms with Gasteiger partial charge in [0, 0.05) is 16.5 Å². The van der Waals surface area contributed by atoms with Crippen molar-refractivity contribution in [1.29, 1.82) is 0 Å². The second-order valence-corrected chi connectivity index (χ2v) is 6.08. The first-order chi connectivity index (χ1) is 9.88. The average molecular weight is 306 g/mol. The van der Waals surface area contributed by atoms with Crippen molar-refractivity contribution in [3.8, 4) is 0 Å². The first-order valence-corrected chi connectivity index (χ1v) is 7.56. The van der Waals surface area contributed by atoms with E-state index in [9.17, 15) is 13.6 Å². The van der Waals surface area contributed by atoms with E-state index in [-0.39, 0.29) is 16.4 Å². The van der Waals surface area contributed by atoms with E-state index < -0.39 is 11.6 Å². The number of Topliss-reactive ketones (excluding diaryl/α,β-unsaturated/α-hetero) is 1. The molecule has 0 aliphatic carbocycles. The van der Waals surface area contributed by atoms with Crippen LogP contribution in [0.5, 0.6) is 0 Å². The Hall–Kier alpha value is -1.68. The van der Waals surface area contributed by atoms with Gasteiger partial charge in [0.1, 0.15) is 11.6 Å². The normalized spacial score (nSPS) is 10.7. The summed E-state index contributed by atoms with van der Waals surface area (Å²) < 4.78 is 26.4. The third kappa shape index (κ3) is 3.70. The summed E-state index contributed by atoms with van der Waals surface area (Å²) >= 11 is 1.09. The first kappa shape index (κ1) is 15.7. The Bertz CT molecular complexity index is 672. The molecule has 0 bridgehead atoms. The molecule has 0 aliphatic rings. The third-order valence-corrected chi connectivity index (χ3v) is 4.26. The van der Waals surface area contributed by atoms with E-state index in [0.29, 0.717) is 5.56 Å². The number of hydrogen-bond acceptors (Lipinski definition) is 2. The van der Waals surface area contributed by atoms with Crippen molar-refractivity contribution in [3.05, 3.63) is 64.2 Å². The molecular formula is C17H16F2OS. The molecule has 0 amide bonds. The highest BCUT2D eigenvalue weighted by molar-refractivity contribution is 8.00. The fourth-order valence-corrected chi connectivity index (χ4v) is 3.22. The quantitative estimate of drug-likeness (QED) is 0.592. The Kier molecular flexibility index (Phi) is 4.78. The van der Waals surface area contributed by atoms with Gasteiger partial charge < -0.3 is 0 Å². The molecule has 0 saturated carbocycles. The molecule has 0 spiro atoms. The molecular weight excluding hydrogens is 290 g/mol. The summed E-state index contributed by atoms with van der Waals surface area (Å²) in [6.07, 6.45) is 0. The number of halogens is 2. The average Bonchev–Trinajstić information content (AvgIpc) is 2.36. The predicted molar refractivity (Wildman–Crippen MR) is 82.1 cm³/mol. The van der Waals surface area contributed by atoms with Crippen LogP contribution in [-0.4, -0.2) is 11.5 Å². The van der Waals surface area contributed by atoms with Gasteiger partial charge in [0.05, 0.1) is 5.75 Å². The van der Waals surface area contributed by atoms with Gasteiger partial charge in [-0.05, 0) is 44.0 Å². The van der Waals surface area contributed by atoms with Gasteiger partial charge in [0.2, 0.25) is 0 Å². The zero-order valence-corrected chi connectivity index (χ0v) is 13.0. The molecule has 2 aromatic rings. The molecule has 0 radical (unpaired) electrons. The monoisotopic (exact) mass is 306 g/mol. The molecule has 2 rings (SSSR count). The highest BCUT2D eigenvalue weighted by Gasteiger charge is 2.14. The van der Waals surface area contributed by atoms with Gasteiger partial charge in [-0.25, -0.2) is 8.78 Å². The molecule has 0 aromatic heterocycles. The minimum absolute atomic E-state index is 0.0428. The van der Waals surface area contributed by atoms with Crippen LogP contribution in [0.1, 0.15) is 27.0 Å². The number of ketones is 1. The molecule has 21 heavy (non-hydrogen) atoms. The van der Waals surface area contributed by atoms with Crippen LogP contribution in [0.4, 0.5) is 8.78 Å². The molecule has 0 atom stereocenters. The van der Waals surface area contributed by atoms with Crippen molar-refractivity contribution >= 4 is 17.5 Å². The van der Waals surface area contributed by atoms with Crippen molar-refractivity contribution in [2.24, 2.45) is 0 Å². The minimum atomic E-state index is -0.634. The Morgan fingerprint density at radius 3 is 2.24 bits per heavy atom. The molecule has 4 heteroatoms. The fourth-order valence-electron chi connectivity index (χ4n) is 2.43. The Labute approximate surface area is 127 Å². The van der Waals surface area contributed by atoms with Gasteiger partial charge in [-0.15, -0.1) is 11.8 Å². The molecule has 0 saturated heterocycles. The summed E-state index contributed by atoms with van der Waals surface area (Å²) in [5, 5.41) is 0. The van der Waals surface area contributed by atoms with Crippen LogP contribution in [0.25, 0.3) is 0 Å². The van der Waals surface area contributed by atoms with Crippen molar-refractivity contribution in [1.82, 2.24) is 0 Å². The lowest BCUT2D eigenvalue weighted by Crippen LogP contribution is -2.08. The summed E-state index contributed by atoms with van der Waals surface area (Å²) in [5.74, 6) is -1.16. The zero-order chi connectivity index (χ0) is 15.6. The SMILES string of the molecule is Cc1cc(C)c(C(=O)CSc2ccc(F)cc2F)c(C)c1. The van der Waals surface area contributed by atoms with Crippen molar-refractivity contribution in [2.75, 3.05) is 5.75 Å². The number of benzene rings is 2. The summed E-state index contributed by atoms with van der Waals surface area (Å²) in [6.45, 7) is 5.78. The Balaban J connectivity index is 2.16. The van der Waals surface area contributed by atoms with E-state index in [0.717, 1.165) is 34.5 Å². The van der Waals surface area contributed by atoms with Crippen LogP contribution >= 0.6 is 11.8 Å². The van der Waals surface area contributed by atoms with E-state index in [1.807, 2.05) is 32.9 Å². The largest absolute Gasteiger partial charge is 0.293 e. The molecule has 0 aliphatic heterocycles. The summed E-state index contributed by atoms with van der Waals surface area (Å²) in [7, 11) is 0. The Morgan fingerprint density at radius 2 is 1.67 bits per heavy atom. The molecule has 110 valence electrons. The second kappa shape index (κ2) is 6.39. The van der Waals surface area contributed by atoms with Crippen molar-refractivity contribution in [3.63, 3.8) is 0 Å². The molecule has 0 N–H and O–H groups in total. The van der Waals surface area contributed by atoms with Crippen LogP contribution in [0.2, 0.25) is 0 Å². The van der Waals surface area contributed by atoms with Gasteiger partial charge in [0.25, 0.3) is 0 Å². The topological polar surface area (TPSA) is 17.1 Å². The first-order valence-electron chi connectivity index (χ1n) is 6.57. The van der Waals surface area contributed by atoms with Gasteiger partial charge in [0.15, 0.2) is 5.78 Å². The smallest absolute Gasteiger partial charge is 0.173 e. The summed E-state index contributed by atoms with van der Waals surface area (Å²) in [6, 6.07) is 7.30. The van der Waals surface area contributed by atoms with Crippen LogP contribution < -0.4 is 0 Å². The lowest BCUT2D eigenvalue weighted by atomic mass is 9.97. The van der Waals surface area contributed by atoms with E-state index in [4.69, 9.17) is 0 Å². The van der Waals surface area contributed by atoms with Crippen LogP contribution in [0, 0.1) is 32.4 Å². The maximum atomic E-state index is 13.5. The maximum absolute atomic E-state index is 13.5. The molecule has 0 heterocycles. The molecule has 0 fully saturated rings.